The molecule has 5 heteroatoms. The lowest BCUT2D eigenvalue weighted by Crippen LogP contribution is -2.14. The second kappa shape index (κ2) is 8.31. The van der Waals surface area contributed by atoms with E-state index in [9.17, 15) is 4.79 Å². The molecule has 2 aromatic carbocycles. The highest BCUT2D eigenvalue weighted by Gasteiger charge is 2.09. The fraction of sp³-hybridized carbons (Fsp3) is 0.0870. The first-order chi connectivity index (χ1) is 13.8. The number of ether oxygens (including phenoxy) is 1. The number of para-hydroxylation sites is 1. The van der Waals surface area contributed by atoms with Gasteiger partial charge in [0, 0.05) is 41.3 Å². The summed E-state index contributed by atoms with van der Waals surface area (Å²) in [6.45, 7) is 0.424. The van der Waals surface area contributed by atoms with Crippen molar-refractivity contribution in [1.82, 2.24) is 9.97 Å². The molecule has 0 saturated heterocycles. The minimum Gasteiger partial charge on any atom is -0.489 e. The molecule has 2 aromatic heterocycles. The normalized spacial score (nSPS) is 10.6. The van der Waals surface area contributed by atoms with Crippen LogP contribution in [0.5, 0.6) is 5.75 Å². The SMILES string of the molecule is O=C(Cc1cccc2cccnc12)Nc1cccc(OCc2cccnc2)c1. The Morgan fingerprint density at radius 2 is 1.82 bits per heavy atom. The van der Waals surface area contributed by atoms with Gasteiger partial charge < -0.3 is 10.1 Å². The maximum Gasteiger partial charge on any atom is 0.228 e. The molecule has 0 unspecified atom stereocenters. The van der Waals surface area contributed by atoms with Gasteiger partial charge in [-0.1, -0.05) is 36.4 Å². The quantitative estimate of drug-likeness (QED) is 0.547. The largest absolute Gasteiger partial charge is 0.489 e. The van der Waals surface area contributed by atoms with Crippen LogP contribution < -0.4 is 10.1 Å². The van der Waals surface area contributed by atoms with Gasteiger partial charge in [-0.25, -0.2) is 0 Å². The third-order valence-corrected chi connectivity index (χ3v) is 4.31. The Labute approximate surface area is 163 Å². The van der Waals surface area contributed by atoms with Crippen LogP contribution >= 0.6 is 0 Å². The van der Waals surface area contributed by atoms with Gasteiger partial charge in [0.1, 0.15) is 12.4 Å². The van der Waals surface area contributed by atoms with Gasteiger partial charge in [0.2, 0.25) is 5.91 Å². The lowest BCUT2D eigenvalue weighted by atomic mass is 10.1. The number of nitrogens with one attached hydrogen (secondary N) is 1. The summed E-state index contributed by atoms with van der Waals surface area (Å²) in [5, 5.41) is 3.96. The first kappa shape index (κ1) is 17.7. The molecule has 0 bridgehead atoms. The third kappa shape index (κ3) is 4.32. The molecule has 4 aromatic rings. The van der Waals surface area contributed by atoms with E-state index in [0.29, 0.717) is 18.0 Å². The number of nitrogens with zero attached hydrogens (tertiary/aromatic N) is 2. The van der Waals surface area contributed by atoms with Crippen LogP contribution in [0, 0.1) is 0 Å². The second-order valence-electron chi connectivity index (χ2n) is 6.39. The maximum atomic E-state index is 12.5. The van der Waals surface area contributed by atoms with Crippen molar-refractivity contribution in [3.8, 4) is 5.75 Å². The lowest BCUT2D eigenvalue weighted by molar-refractivity contribution is -0.115. The van der Waals surface area contributed by atoms with Gasteiger partial charge in [0.05, 0.1) is 11.9 Å². The van der Waals surface area contributed by atoms with Gasteiger partial charge in [0.15, 0.2) is 0 Å². The molecule has 5 nitrogen and oxygen atoms in total. The lowest BCUT2D eigenvalue weighted by Gasteiger charge is -2.10. The minimum absolute atomic E-state index is 0.0948. The van der Waals surface area contributed by atoms with Gasteiger partial charge in [-0.15, -0.1) is 0 Å². The first-order valence-corrected chi connectivity index (χ1v) is 9.02. The number of hydrogen-bond donors (Lipinski definition) is 1. The van der Waals surface area contributed by atoms with Crippen molar-refractivity contribution in [2.24, 2.45) is 0 Å². The number of carbonyl (C=O) groups excluding carboxylic acids is 1. The molecule has 0 atom stereocenters. The monoisotopic (exact) mass is 369 g/mol. The molecule has 138 valence electrons. The van der Waals surface area contributed by atoms with Crippen molar-refractivity contribution in [1.29, 1.82) is 0 Å². The molecule has 0 fully saturated rings. The highest BCUT2D eigenvalue weighted by atomic mass is 16.5. The molecule has 0 aliphatic carbocycles. The Kier molecular flexibility index (Phi) is 5.24. The van der Waals surface area contributed by atoms with Crippen LogP contribution in [-0.2, 0) is 17.8 Å². The Balaban J connectivity index is 1.41. The van der Waals surface area contributed by atoms with Crippen LogP contribution in [0.3, 0.4) is 0 Å². The Morgan fingerprint density at radius 3 is 2.71 bits per heavy atom. The van der Waals surface area contributed by atoms with Crippen LogP contribution in [0.15, 0.2) is 85.3 Å². The van der Waals surface area contributed by atoms with Crippen LogP contribution in [-0.4, -0.2) is 15.9 Å². The smallest absolute Gasteiger partial charge is 0.228 e. The number of anilines is 1. The molecule has 0 radical (unpaired) electrons. The maximum absolute atomic E-state index is 12.5. The minimum atomic E-state index is -0.0948. The standard InChI is InChI=1S/C23H19N3O2/c27-22(13-19-7-1-6-18-8-4-12-25-23(18)19)26-20-9-2-10-21(14-20)28-16-17-5-3-11-24-15-17/h1-12,14-15H,13,16H2,(H,26,27). The molecule has 0 spiro atoms. The average Bonchev–Trinajstić information content (AvgIpc) is 2.73. The topological polar surface area (TPSA) is 64.1 Å². The van der Waals surface area contributed by atoms with Crippen LogP contribution in [0.4, 0.5) is 5.69 Å². The van der Waals surface area contributed by atoms with E-state index in [0.717, 1.165) is 22.0 Å². The van der Waals surface area contributed by atoms with Crippen molar-refractivity contribution in [3.63, 3.8) is 0 Å². The molecule has 28 heavy (non-hydrogen) atoms. The van der Waals surface area contributed by atoms with Gasteiger partial charge >= 0.3 is 0 Å². The number of fused-ring (bicyclic) bond motifs is 1. The molecule has 0 aliphatic rings. The first-order valence-electron chi connectivity index (χ1n) is 9.02. The Morgan fingerprint density at radius 1 is 0.964 bits per heavy atom. The van der Waals surface area contributed by atoms with E-state index >= 15 is 0 Å². The molecule has 0 aliphatic heterocycles. The number of rotatable bonds is 6. The van der Waals surface area contributed by atoms with Crippen molar-refractivity contribution in [2.75, 3.05) is 5.32 Å². The number of hydrogen-bond acceptors (Lipinski definition) is 4. The van der Waals surface area contributed by atoms with E-state index in [1.54, 1.807) is 18.6 Å². The summed E-state index contributed by atoms with van der Waals surface area (Å²) in [6, 6.07) is 21.0. The number of amides is 1. The molecular weight excluding hydrogens is 350 g/mol. The third-order valence-electron chi connectivity index (χ3n) is 4.31. The van der Waals surface area contributed by atoms with E-state index in [2.05, 4.69) is 15.3 Å². The number of aromatic nitrogens is 2. The number of benzene rings is 2. The summed E-state index contributed by atoms with van der Waals surface area (Å²) in [7, 11) is 0. The van der Waals surface area contributed by atoms with Crippen molar-refractivity contribution >= 4 is 22.5 Å². The van der Waals surface area contributed by atoms with Gasteiger partial charge in [-0.05, 0) is 29.8 Å². The zero-order valence-electron chi connectivity index (χ0n) is 15.2. The molecule has 4 rings (SSSR count). The Hall–Kier alpha value is -3.73. The van der Waals surface area contributed by atoms with Crippen LogP contribution in [0.2, 0.25) is 0 Å². The van der Waals surface area contributed by atoms with Crippen molar-refractivity contribution < 1.29 is 9.53 Å². The zero-order chi connectivity index (χ0) is 19.2. The predicted octanol–water partition coefficient (Wildman–Crippen LogP) is 4.39. The fourth-order valence-corrected chi connectivity index (χ4v) is 3.00. The summed E-state index contributed by atoms with van der Waals surface area (Å²) < 4.78 is 5.79. The second-order valence-corrected chi connectivity index (χ2v) is 6.39. The molecular formula is C23H19N3O2. The number of pyridine rings is 2. The summed E-state index contributed by atoms with van der Waals surface area (Å²) in [5.41, 5.74) is 3.44. The molecule has 1 amide bonds. The zero-order valence-corrected chi connectivity index (χ0v) is 15.2. The van der Waals surface area contributed by atoms with E-state index in [-0.39, 0.29) is 12.3 Å². The van der Waals surface area contributed by atoms with E-state index < -0.39 is 0 Å². The van der Waals surface area contributed by atoms with E-state index in [1.807, 2.05) is 66.7 Å². The number of carbonyl (C=O) groups is 1. The summed E-state index contributed by atoms with van der Waals surface area (Å²) in [6.07, 6.45) is 5.50. The van der Waals surface area contributed by atoms with Gasteiger partial charge in [0.25, 0.3) is 0 Å². The molecule has 2 heterocycles. The summed E-state index contributed by atoms with van der Waals surface area (Å²) >= 11 is 0. The van der Waals surface area contributed by atoms with Crippen molar-refractivity contribution in [3.05, 3.63) is 96.4 Å². The highest BCUT2D eigenvalue weighted by Crippen LogP contribution is 2.20. The van der Waals surface area contributed by atoms with Crippen molar-refractivity contribution in [2.45, 2.75) is 13.0 Å². The van der Waals surface area contributed by atoms with Crippen LogP contribution in [0.25, 0.3) is 10.9 Å². The molecule has 1 N–H and O–H groups in total. The van der Waals surface area contributed by atoms with E-state index in [4.69, 9.17) is 4.74 Å². The van der Waals surface area contributed by atoms with Gasteiger partial charge in [-0.3, -0.25) is 14.8 Å². The highest BCUT2D eigenvalue weighted by molar-refractivity contribution is 5.95. The Bertz CT molecular complexity index is 1090. The molecule has 0 saturated carbocycles. The summed E-state index contributed by atoms with van der Waals surface area (Å²) in [4.78, 5) is 21.0. The average molecular weight is 369 g/mol. The fourth-order valence-electron chi connectivity index (χ4n) is 3.00. The van der Waals surface area contributed by atoms with E-state index in [1.165, 1.54) is 0 Å². The predicted molar refractivity (Wildman–Crippen MR) is 109 cm³/mol. The van der Waals surface area contributed by atoms with Gasteiger partial charge in [-0.2, -0.15) is 0 Å². The van der Waals surface area contributed by atoms with Crippen LogP contribution in [0.1, 0.15) is 11.1 Å². The summed E-state index contributed by atoms with van der Waals surface area (Å²) in [5.74, 6) is 0.594.